The summed E-state index contributed by atoms with van der Waals surface area (Å²) in [5.41, 5.74) is 0. The van der Waals surface area contributed by atoms with E-state index in [-0.39, 0.29) is 24.6 Å². The fourth-order valence-corrected chi connectivity index (χ4v) is 1.20. The number of rotatable bonds is 5. The fourth-order valence-electron chi connectivity index (χ4n) is 0.662. The highest BCUT2D eigenvalue weighted by atomic mass is 32.2. The van der Waals surface area contributed by atoms with E-state index in [2.05, 4.69) is 6.58 Å². The van der Waals surface area contributed by atoms with Gasteiger partial charge in [0.1, 0.15) is 0 Å². The molecule has 0 aliphatic rings. The molecule has 0 aromatic heterocycles. The summed E-state index contributed by atoms with van der Waals surface area (Å²) in [7, 11) is -2.29. The first-order valence-corrected chi connectivity index (χ1v) is 4.92. The minimum Gasteiger partial charge on any atom is -0.512 e. The SMILES string of the molecule is C=C(O)CN(C)CCS(=O)(=O)O. The molecule has 0 fully saturated rings. The Kier molecular flexibility index (Phi) is 4.22. The van der Waals surface area contributed by atoms with E-state index >= 15 is 0 Å². The fraction of sp³-hybridized carbons (Fsp3) is 0.667. The molecule has 0 spiro atoms. The minimum atomic E-state index is -3.91. The zero-order valence-corrected chi connectivity index (χ0v) is 7.71. The topological polar surface area (TPSA) is 77.8 Å². The molecule has 0 bridgehead atoms. The first-order valence-electron chi connectivity index (χ1n) is 3.31. The molecule has 0 aliphatic heterocycles. The molecule has 0 saturated heterocycles. The highest BCUT2D eigenvalue weighted by molar-refractivity contribution is 7.85. The van der Waals surface area contributed by atoms with Crippen LogP contribution in [-0.4, -0.2) is 48.9 Å². The van der Waals surface area contributed by atoms with Gasteiger partial charge in [-0.2, -0.15) is 8.42 Å². The Hall–Kier alpha value is -0.590. The van der Waals surface area contributed by atoms with Gasteiger partial charge in [0, 0.05) is 6.54 Å². The lowest BCUT2D eigenvalue weighted by Crippen LogP contribution is -2.27. The number of aliphatic hydroxyl groups is 1. The smallest absolute Gasteiger partial charge is 0.266 e. The lowest BCUT2D eigenvalue weighted by atomic mass is 10.5. The van der Waals surface area contributed by atoms with E-state index in [4.69, 9.17) is 9.66 Å². The molecule has 0 heterocycles. The van der Waals surface area contributed by atoms with Crippen molar-refractivity contribution < 1.29 is 18.1 Å². The van der Waals surface area contributed by atoms with Gasteiger partial charge in [-0.15, -0.1) is 0 Å². The Balaban J connectivity index is 3.72. The monoisotopic (exact) mass is 195 g/mol. The van der Waals surface area contributed by atoms with Gasteiger partial charge in [0.15, 0.2) is 0 Å². The van der Waals surface area contributed by atoms with Crippen molar-refractivity contribution in [2.45, 2.75) is 0 Å². The van der Waals surface area contributed by atoms with E-state index in [1.807, 2.05) is 0 Å². The number of nitrogens with zero attached hydrogens (tertiary/aromatic N) is 1. The zero-order chi connectivity index (χ0) is 9.78. The van der Waals surface area contributed by atoms with E-state index in [0.717, 1.165) is 0 Å². The van der Waals surface area contributed by atoms with Crippen molar-refractivity contribution in [3.63, 3.8) is 0 Å². The van der Waals surface area contributed by atoms with E-state index in [0.29, 0.717) is 0 Å². The van der Waals surface area contributed by atoms with Crippen LogP contribution in [0.5, 0.6) is 0 Å². The molecule has 0 radical (unpaired) electrons. The number of hydrogen-bond donors (Lipinski definition) is 2. The highest BCUT2D eigenvalue weighted by Gasteiger charge is 2.07. The Morgan fingerprint density at radius 2 is 2.08 bits per heavy atom. The molecule has 72 valence electrons. The molecule has 0 unspecified atom stereocenters. The molecule has 6 heteroatoms. The van der Waals surface area contributed by atoms with Crippen LogP contribution in [0.2, 0.25) is 0 Å². The molecular formula is C6H13NO4S. The average Bonchev–Trinajstić information content (AvgIpc) is 1.80. The lowest BCUT2D eigenvalue weighted by Gasteiger charge is -2.13. The van der Waals surface area contributed by atoms with Gasteiger partial charge in [-0.1, -0.05) is 6.58 Å². The number of aliphatic hydroxyl groups excluding tert-OH is 1. The normalized spacial score (nSPS) is 11.9. The molecule has 0 atom stereocenters. The summed E-state index contributed by atoms with van der Waals surface area (Å²) < 4.78 is 28.9. The summed E-state index contributed by atoms with van der Waals surface area (Å²) in [6.45, 7) is 3.61. The third kappa shape index (κ3) is 7.52. The van der Waals surface area contributed by atoms with E-state index in [1.54, 1.807) is 7.05 Å². The standard InChI is InChI=1S/C6H13NO4S/c1-6(8)5-7(2)3-4-12(9,10)11/h8H,1,3-5H2,2H3,(H,9,10,11). The van der Waals surface area contributed by atoms with Gasteiger partial charge >= 0.3 is 0 Å². The van der Waals surface area contributed by atoms with Gasteiger partial charge < -0.3 is 5.11 Å². The summed E-state index contributed by atoms with van der Waals surface area (Å²) in [6.07, 6.45) is 0. The molecule has 12 heavy (non-hydrogen) atoms. The molecule has 5 nitrogen and oxygen atoms in total. The molecule has 0 aliphatic carbocycles. The van der Waals surface area contributed by atoms with Gasteiger partial charge in [0.05, 0.1) is 18.1 Å². The van der Waals surface area contributed by atoms with Gasteiger partial charge in [0.2, 0.25) is 0 Å². The van der Waals surface area contributed by atoms with Crippen molar-refractivity contribution >= 4 is 10.1 Å². The first-order chi connectivity index (χ1) is 5.31. The van der Waals surface area contributed by atoms with Gasteiger partial charge in [-0.25, -0.2) is 0 Å². The van der Waals surface area contributed by atoms with Crippen molar-refractivity contribution in [3.8, 4) is 0 Å². The van der Waals surface area contributed by atoms with Crippen LogP contribution in [0, 0.1) is 0 Å². The second kappa shape index (κ2) is 4.44. The van der Waals surface area contributed by atoms with Crippen molar-refractivity contribution in [1.82, 2.24) is 4.90 Å². The Morgan fingerprint density at radius 1 is 1.58 bits per heavy atom. The lowest BCUT2D eigenvalue weighted by molar-refractivity contribution is 0.299. The van der Waals surface area contributed by atoms with Crippen molar-refractivity contribution in [2.24, 2.45) is 0 Å². The van der Waals surface area contributed by atoms with Crippen LogP contribution in [0.4, 0.5) is 0 Å². The van der Waals surface area contributed by atoms with Crippen LogP contribution in [0.25, 0.3) is 0 Å². The predicted octanol–water partition coefficient (Wildman–Crippen LogP) is -0.122. The highest BCUT2D eigenvalue weighted by Crippen LogP contribution is 1.91. The van der Waals surface area contributed by atoms with Crippen LogP contribution < -0.4 is 0 Å². The Morgan fingerprint density at radius 3 is 2.42 bits per heavy atom. The van der Waals surface area contributed by atoms with Crippen LogP contribution in [0.15, 0.2) is 12.3 Å². The van der Waals surface area contributed by atoms with E-state index in [1.165, 1.54) is 4.90 Å². The quantitative estimate of drug-likeness (QED) is 0.472. The van der Waals surface area contributed by atoms with E-state index in [9.17, 15) is 8.42 Å². The number of likely N-dealkylation sites (N-methyl/N-ethyl adjacent to an activating group) is 1. The number of hydrogen-bond acceptors (Lipinski definition) is 4. The first kappa shape index (κ1) is 11.4. The molecular weight excluding hydrogens is 182 g/mol. The summed E-state index contributed by atoms with van der Waals surface area (Å²) in [6, 6.07) is 0. The van der Waals surface area contributed by atoms with Gasteiger partial charge in [-0.3, -0.25) is 9.45 Å². The molecule has 0 aromatic rings. The van der Waals surface area contributed by atoms with Crippen LogP contribution >= 0.6 is 0 Å². The predicted molar refractivity (Wildman–Crippen MR) is 45.7 cm³/mol. The Labute approximate surface area is 72.1 Å². The second-order valence-corrected chi connectivity index (χ2v) is 4.16. The summed E-state index contributed by atoms with van der Waals surface area (Å²) >= 11 is 0. The average molecular weight is 195 g/mol. The molecule has 2 N–H and O–H groups in total. The van der Waals surface area contributed by atoms with Gasteiger partial charge in [0.25, 0.3) is 10.1 Å². The zero-order valence-electron chi connectivity index (χ0n) is 6.89. The molecule has 0 amide bonds. The third-order valence-corrected chi connectivity index (χ3v) is 1.88. The molecule has 0 aromatic carbocycles. The summed E-state index contributed by atoms with van der Waals surface area (Å²) in [5, 5.41) is 8.70. The van der Waals surface area contributed by atoms with Crippen LogP contribution in [0.1, 0.15) is 0 Å². The maximum atomic E-state index is 10.3. The minimum absolute atomic E-state index is 0.0344. The molecule has 0 saturated carbocycles. The summed E-state index contributed by atoms with van der Waals surface area (Å²) in [4.78, 5) is 1.54. The van der Waals surface area contributed by atoms with Crippen molar-refractivity contribution in [3.05, 3.63) is 12.3 Å². The van der Waals surface area contributed by atoms with E-state index < -0.39 is 10.1 Å². The maximum Gasteiger partial charge on any atom is 0.266 e. The van der Waals surface area contributed by atoms with Crippen LogP contribution in [-0.2, 0) is 10.1 Å². The Bertz CT molecular complexity index is 246. The largest absolute Gasteiger partial charge is 0.512 e. The maximum absolute atomic E-state index is 10.3. The van der Waals surface area contributed by atoms with Crippen molar-refractivity contribution in [2.75, 3.05) is 25.9 Å². The summed E-state index contributed by atoms with van der Waals surface area (Å²) in [5.74, 6) is -0.371. The van der Waals surface area contributed by atoms with Crippen LogP contribution in [0.3, 0.4) is 0 Å². The molecule has 0 rings (SSSR count). The second-order valence-electron chi connectivity index (χ2n) is 2.59. The van der Waals surface area contributed by atoms with Gasteiger partial charge in [-0.05, 0) is 7.05 Å². The van der Waals surface area contributed by atoms with Crippen molar-refractivity contribution in [1.29, 1.82) is 0 Å². The third-order valence-electron chi connectivity index (χ3n) is 1.18.